The molecule has 3 rings (SSSR count). The van der Waals surface area contributed by atoms with Crippen LogP contribution in [0.25, 0.3) is 0 Å². The zero-order valence-electron chi connectivity index (χ0n) is 10.4. The number of nitrogens with zero attached hydrogens (tertiary/aromatic N) is 1. The number of hydrogen-bond acceptors (Lipinski definition) is 2. The number of rotatable bonds is 3. The number of hydrogen-bond donors (Lipinski definition) is 1. The molecule has 0 amide bonds. The zero-order chi connectivity index (χ0) is 12.4. The Hall–Kier alpha value is -1.58. The molecule has 0 spiro atoms. The van der Waals surface area contributed by atoms with Crippen LogP contribution in [0.1, 0.15) is 22.9 Å². The third-order valence-electron chi connectivity index (χ3n) is 3.59. The molecule has 0 saturated carbocycles. The first-order valence-electron chi connectivity index (χ1n) is 6.42. The van der Waals surface area contributed by atoms with Crippen LogP contribution in [0.2, 0.25) is 0 Å². The van der Waals surface area contributed by atoms with Crippen molar-refractivity contribution in [3.8, 4) is 0 Å². The lowest BCUT2D eigenvalue weighted by Gasteiger charge is -2.27. The van der Waals surface area contributed by atoms with Crippen LogP contribution in [-0.2, 0) is 24.2 Å². The van der Waals surface area contributed by atoms with Crippen LogP contribution in [0.15, 0.2) is 42.6 Å². The van der Waals surface area contributed by atoms with Crippen molar-refractivity contribution >= 4 is 0 Å². The summed E-state index contributed by atoms with van der Waals surface area (Å²) in [5, 5.41) is 0. The third-order valence-corrected chi connectivity index (χ3v) is 3.59. The Kier molecular flexibility index (Phi) is 3.17. The predicted octanol–water partition coefficient (Wildman–Crippen LogP) is 2.26. The second-order valence-corrected chi connectivity index (χ2v) is 4.66. The highest BCUT2D eigenvalue weighted by Gasteiger charge is 2.20. The molecular formula is C15H18N2O. The number of nitrogens with two attached hydrogens (primary N) is 1. The molecule has 0 saturated heterocycles. The second kappa shape index (κ2) is 4.96. The Bertz CT molecular complexity index is 533. The van der Waals surface area contributed by atoms with E-state index >= 15 is 0 Å². The molecular weight excluding hydrogens is 224 g/mol. The van der Waals surface area contributed by atoms with Crippen LogP contribution in [0.5, 0.6) is 0 Å². The van der Waals surface area contributed by atoms with Crippen molar-refractivity contribution in [2.45, 2.75) is 25.6 Å². The van der Waals surface area contributed by atoms with E-state index < -0.39 is 0 Å². The van der Waals surface area contributed by atoms with Gasteiger partial charge in [-0.2, -0.15) is 0 Å². The van der Waals surface area contributed by atoms with E-state index in [-0.39, 0.29) is 6.10 Å². The van der Waals surface area contributed by atoms with E-state index in [1.54, 1.807) is 0 Å². The number of aromatic nitrogens is 1. The molecule has 1 atom stereocenters. The molecule has 2 N–H and O–H groups in total. The van der Waals surface area contributed by atoms with Crippen LogP contribution in [0.4, 0.5) is 0 Å². The molecule has 3 nitrogen and oxygen atoms in total. The van der Waals surface area contributed by atoms with Crippen molar-refractivity contribution < 1.29 is 4.74 Å². The van der Waals surface area contributed by atoms with Crippen LogP contribution in [0, 0.1) is 0 Å². The average Bonchev–Trinajstić information content (AvgIpc) is 2.86. The van der Waals surface area contributed by atoms with Gasteiger partial charge in [0.15, 0.2) is 0 Å². The van der Waals surface area contributed by atoms with Gasteiger partial charge in [-0.15, -0.1) is 0 Å². The summed E-state index contributed by atoms with van der Waals surface area (Å²) in [6, 6.07) is 12.7. The predicted molar refractivity (Wildman–Crippen MR) is 71.2 cm³/mol. The molecule has 1 unspecified atom stereocenters. The average molecular weight is 242 g/mol. The van der Waals surface area contributed by atoms with Gasteiger partial charge in [-0.25, -0.2) is 0 Å². The lowest BCUT2D eigenvalue weighted by atomic mass is 9.97. The Balaban J connectivity index is 1.86. The van der Waals surface area contributed by atoms with Gasteiger partial charge in [0, 0.05) is 18.4 Å². The van der Waals surface area contributed by atoms with Crippen molar-refractivity contribution in [3.63, 3.8) is 0 Å². The van der Waals surface area contributed by atoms with Crippen LogP contribution in [0.3, 0.4) is 0 Å². The van der Waals surface area contributed by atoms with Crippen molar-refractivity contribution in [3.05, 3.63) is 59.4 Å². The zero-order valence-corrected chi connectivity index (χ0v) is 10.4. The molecule has 2 aromatic rings. The normalized spacial score (nSPS) is 18.6. The first kappa shape index (κ1) is 11.5. The van der Waals surface area contributed by atoms with Crippen LogP contribution in [-0.4, -0.2) is 11.2 Å². The Morgan fingerprint density at radius 3 is 3.00 bits per heavy atom. The van der Waals surface area contributed by atoms with E-state index in [0.29, 0.717) is 6.54 Å². The highest BCUT2D eigenvalue weighted by molar-refractivity contribution is 5.31. The Morgan fingerprint density at radius 1 is 1.22 bits per heavy atom. The maximum Gasteiger partial charge on any atom is 0.101 e. The monoisotopic (exact) mass is 242 g/mol. The molecule has 0 radical (unpaired) electrons. The summed E-state index contributed by atoms with van der Waals surface area (Å²) in [5.74, 6) is 0. The molecule has 2 heterocycles. The molecule has 18 heavy (non-hydrogen) atoms. The Morgan fingerprint density at radius 2 is 2.11 bits per heavy atom. The summed E-state index contributed by atoms with van der Waals surface area (Å²) >= 11 is 0. The van der Waals surface area contributed by atoms with Crippen LogP contribution >= 0.6 is 0 Å². The molecule has 0 fully saturated rings. The van der Waals surface area contributed by atoms with E-state index in [2.05, 4.69) is 41.1 Å². The van der Waals surface area contributed by atoms with Crippen molar-refractivity contribution in [1.29, 1.82) is 0 Å². The summed E-state index contributed by atoms with van der Waals surface area (Å²) < 4.78 is 8.10. The fraction of sp³-hybridized carbons (Fsp3) is 0.333. The van der Waals surface area contributed by atoms with Gasteiger partial charge in [0.1, 0.15) is 6.10 Å². The minimum absolute atomic E-state index is 0.146. The van der Waals surface area contributed by atoms with Gasteiger partial charge in [-0.1, -0.05) is 24.3 Å². The summed E-state index contributed by atoms with van der Waals surface area (Å²) in [5.41, 5.74) is 9.62. The van der Waals surface area contributed by atoms with E-state index in [9.17, 15) is 0 Å². The second-order valence-electron chi connectivity index (χ2n) is 4.66. The van der Waals surface area contributed by atoms with Gasteiger partial charge in [0.05, 0.1) is 13.2 Å². The maximum atomic E-state index is 5.92. The van der Waals surface area contributed by atoms with Crippen molar-refractivity contribution in [2.75, 3.05) is 6.61 Å². The van der Waals surface area contributed by atoms with Gasteiger partial charge in [-0.3, -0.25) is 0 Å². The molecule has 1 aliphatic heterocycles. The minimum Gasteiger partial charge on any atom is -0.371 e. The maximum absolute atomic E-state index is 5.92. The summed E-state index contributed by atoms with van der Waals surface area (Å²) in [6.45, 7) is 2.22. The largest absolute Gasteiger partial charge is 0.371 e. The molecule has 94 valence electrons. The van der Waals surface area contributed by atoms with Crippen molar-refractivity contribution in [1.82, 2.24) is 4.57 Å². The quantitative estimate of drug-likeness (QED) is 0.896. The molecule has 1 aliphatic rings. The third kappa shape index (κ3) is 2.07. The lowest BCUT2D eigenvalue weighted by Crippen LogP contribution is -2.21. The van der Waals surface area contributed by atoms with Crippen LogP contribution < -0.4 is 5.73 Å². The molecule has 3 heteroatoms. The van der Waals surface area contributed by atoms with E-state index in [0.717, 1.165) is 25.3 Å². The van der Waals surface area contributed by atoms with E-state index in [1.807, 2.05) is 6.07 Å². The van der Waals surface area contributed by atoms with E-state index in [4.69, 9.17) is 10.5 Å². The van der Waals surface area contributed by atoms with Gasteiger partial charge in [0.2, 0.25) is 0 Å². The van der Waals surface area contributed by atoms with Gasteiger partial charge >= 0.3 is 0 Å². The topological polar surface area (TPSA) is 40.2 Å². The fourth-order valence-corrected chi connectivity index (χ4v) is 2.62. The standard InChI is InChI=1S/C15H18N2O/c16-10-13-5-3-8-17(13)11-15-14-6-2-1-4-12(14)7-9-18-15/h1-6,8,15H,7,9-11,16H2. The first-order chi connectivity index (χ1) is 8.88. The highest BCUT2D eigenvalue weighted by atomic mass is 16.5. The van der Waals surface area contributed by atoms with Gasteiger partial charge in [-0.05, 0) is 29.7 Å². The lowest BCUT2D eigenvalue weighted by molar-refractivity contribution is 0.0302. The summed E-state index contributed by atoms with van der Waals surface area (Å²) in [7, 11) is 0. The summed E-state index contributed by atoms with van der Waals surface area (Å²) in [6.07, 6.45) is 3.23. The van der Waals surface area contributed by atoms with Gasteiger partial charge < -0.3 is 15.0 Å². The molecule has 0 bridgehead atoms. The SMILES string of the molecule is NCc1cccn1CC1OCCc2ccccc21. The smallest absolute Gasteiger partial charge is 0.101 e. The fourth-order valence-electron chi connectivity index (χ4n) is 2.62. The Labute approximate surface area is 107 Å². The minimum atomic E-state index is 0.146. The first-order valence-corrected chi connectivity index (χ1v) is 6.42. The molecule has 1 aromatic heterocycles. The van der Waals surface area contributed by atoms with Gasteiger partial charge in [0.25, 0.3) is 0 Å². The highest BCUT2D eigenvalue weighted by Crippen LogP contribution is 2.28. The summed E-state index contributed by atoms with van der Waals surface area (Å²) in [4.78, 5) is 0. The number of benzene rings is 1. The number of fused-ring (bicyclic) bond motifs is 1. The number of ether oxygens (including phenoxy) is 1. The molecule has 1 aromatic carbocycles. The van der Waals surface area contributed by atoms with E-state index in [1.165, 1.54) is 11.1 Å². The van der Waals surface area contributed by atoms with Crippen molar-refractivity contribution in [2.24, 2.45) is 5.73 Å². The molecule has 0 aliphatic carbocycles.